The Balaban J connectivity index is 0. The second-order valence-corrected chi connectivity index (χ2v) is 2.10. The Labute approximate surface area is 88.5 Å². The van der Waals surface area contributed by atoms with Crippen LogP contribution in [-0.2, 0) is 0 Å². The van der Waals surface area contributed by atoms with Crippen molar-refractivity contribution in [2.24, 2.45) is 5.84 Å². The Morgan fingerprint density at radius 2 is 1.62 bits per heavy atom. The molecule has 0 saturated heterocycles. The highest BCUT2D eigenvalue weighted by molar-refractivity contribution is 5.93. The molecule has 4 nitrogen and oxygen atoms in total. The van der Waals surface area contributed by atoms with Crippen LogP contribution in [0.25, 0.3) is 0 Å². The summed E-state index contributed by atoms with van der Waals surface area (Å²) in [5.41, 5.74) is 8.55. The van der Waals surface area contributed by atoms with Gasteiger partial charge in [0.05, 0.1) is 0 Å². The largest absolute Gasteiger partial charge is 0.399 e. The topological polar surface area (TPSA) is 81.1 Å². The molecule has 5 N–H and O–H groups in total. The summed E-state index contributed by atoms with van der Waals surface area (Å²) in [6.45, 7) is 0. The fourth-order valence-electron chi connectivity index (χ4n) is 0.718. The Hall–Kier alpha value is -0.970. The van der Waals surface area contributed by atoms with Crippen molar-refractivity contribution in [3.8, 4) is 0 Å². The zero-order chi connectivity index (χ0) is 8.27. The molecule has 13 heavy (non-hydrogen) atoms. The van der Waals surface area contributed by atoms with E-state index in [1.165, 1.54) is 0 Å². The number of halogens is 2. The number of carbonyl (C=O) groups excluding carboxylic acids is 1. The first-order valence-electron chi connectivity index (χ1n) is 3.10. The van der Waals surface area contributed by atoms with E-state index in [0.717, 1.165) is 0 Å². The standard InChI is InChI=1S/C7H9N3O.2ClH/c8-6-3-1-5(2-4-6)7(11)10-9;;/h1-4H,8-9H2,(H,10,11);2*1H. The molecule has 0 aromatic heterocycles. The van der Waals surface area contributed by atoms with Crippen LogP contribution < -0.4 is 17.0 Å². The minimum atomic E-state index is -0.315. The quantitative estimate of drug-likeness (QED) is 0.284. The third-order valence-electron chi connectivity index (χ3n) is 1.30. The molecule has 74 valence electrons. The number of hydrazine groups is 1. The zero-order valence-electron chi connectivity index (χ0n) is 6.69. The van der Waals surface area contributed by atoms with Crippen LogP contribution >= 0.6 is 24.8 Å². The number of hydrogen-bond acceptors (Lipinski definition) is 3. The zero-order valence-corrected chi connectivity index (χ0v) is 8.32. The fraction of sp³-hybridized carbons (Fsp3) is 0. The number of rotatable bonds is 1. The van der Waals surface area contributed by atoms with Crippen molar-refractivity contribution in [3.05, 3.63) is 29.8 Å². The van der Waals surface area contributed by atoms with Crippen molar-refractivity contribution in [1.82, 2.24) is 5.43 Å². The van der Waals surface area contributed by atoms with Gasteiger partial charge in [0.15, 0.2) is 0 Å². The minimum absolute atomic E-state index is 0. The van der Waals surface area contributed by atoms with Crippen molar-refractivity contribution >= 4 is 36.4 Å². The highest BCUT2D eigenvalue weighted by Crippen LogP contribution is 2.04. The Bertz CT molecular complexity index is 263. The first kappa shape index (κ1) is 14.5. The normalized spacial score (nSPS) is 7.77. The maximum atomic E-state index is 10.8. The Morgan fingerprint density at radius 3 is 2.00 bits per heavy atom. The molecule has 0 saturated carbocycles. The lowest BCUT2D eigenvalue weighted by atomic mass is 10.2. The van der Waals surface area contributed by atoms with Crippen LogP contribution in [0.15, 0.2) is 24.3 Å². The molecule has 0 spiro atoms. The van der Waals surface area contributed by atoms with E-state index in [0.29, 0.717) is 11.3 Å². The van der Waals surface area contributed by atoms with E-state index in [1.54, 1.807) is 24.3 Å². The Morgan fingerprint density at radius 1 is 1.15 bits per heavy atom. The molecule has 1 amide bonds. The van der Waals surface area contributed by atoms with Crippen LogP contribution in [0.1, 0.15) is 10.4 Å². The number of amides is 1. The molecular weight excluding hydrogens is 213 g/mol. The van der Waals surface area contributed by atoms with Gasteiger partial charge < -0.3 is 5.73 Å². The maximum absolute atomic E-state index is 10.8. The van der Waals surface area contributed by atoms with Gasteiger partial charge in [-0.3, -0.25) is 10.2 Å². The van der Waals surface area contributed by atoms with E-state index >= 15 is 0 Å². The van der Waals surface area contributed by atoms with Crippen LogP contribution in [0.3, 0.4) is 0 Å². The van der Waals surface area contributed by atoms with E-state index in [2.05, 4.69) is 0 Å². The van der Waals surface area contributed by atoms with Gasteiger partial charge in [0.2, 0.25) is 0 Å². The molecule has 0 radical (unpaired) electrons. The average molecular weight is 224 g/mol. The summed E-state index contributed by atoms with van der Waals surface area (Å²) in [7, 11) is 0. The first-order chi connectivity index (χ1) is 5.24. The minimum Gasteiger partial charge on any atom is -0.399 e. The van der Waals surface area contributed by atoms with Gasteiger partial charge in [-0.15, -0.1) is 24.8 Å². The molecule has 1 rings (SSSR count). The molecule has 0 aliphatic rings. The van der Waals surface area contributed by atoms with E-state index in [1.807, 2.05) is 5.43 Å². The first-order valence-corrected chi connectivity index (χ1v) is 3.10. The molecule has 0 aliphatic heterocycles. The lowest BCUT2D eigenvalue weighted by Crippen LogP contribution is -2.29. The van der Waals surface area contributed by atoms with Crippen molar-refractivity contribution in [1.29, 1.82) is 0 Å². The van der Waals surface area contributed by atoms with Gasteiger partial charge in [0.1, 0.15) is 0 Å². The lowest BCUT2D eigenvalue weighted by molar-refractivity contribution is 0.0953. The number of carbonyl (C=O) groups is 1. The van der Waals surface area contributed by atoms with Crippen molar-refractivity contribution < 1.29 is 4.79 Å². The smallest absolute Gasteiger partial charge is 0.265 e. The maximum Gasteiger partial charge on any atom is 0.265 e. The van der Waals surface area contributed by atoms with Gasteiger partial charge in [-0.1, -0.05) is 0 Å². The summed E-state index contributed by atoms with van der Waals surface area (Å²) < 4.78 is 0. The Kier molecular flexibility index (Phi) is 7.31. The highest BCUT2D eigenvalue weighted by atomic mass is 35.5. The predicted octanol–water partition coefficient (Wildman–Crippen LogP) is 0.716. The molecule has 0 fully saturated rings. The van der Waals surface area contributed by atoms with Gasteiger partial charge in [0.25, 0.3) is 5.91 Å². The molecule has 0 atom stereocenters. The third-order valence-corrected chi connectivity index (χ3v) is 1.30. The van der Waals surface area contributed by atoms with Crippen LogP contribution in [-0.4, -0.2) is 5.91 Å². The number of nitrogens with one attached hydrogen (secondary N) is 1. The third kappa shape index (κ3) is 3.98. The van der Waals surface area contributed by atoms with Crippen LogP contribution in [0.4, 0.5) is 5.69 Å². The SMILES string of the molecule is Cl.Cl.NNC(=O)c1ccc(N)cc1. The van der Waals surface area contributed by atoms with Gasteiger partial charge >= 0.3 is 0 Å². The molecule has 0 bridgehead atoms. The fourth-order valence-corrected chi connectivity index (χ4v) is 0.718. The number of benzene rings is 1. The van der Waals surface area contributed by atoms with Gasteiger partial charge in [-0.2, -0.15) is 0 Å². The summed E-state index contributed by atoms with van der Waals surface area (Å²) in [6, 6.07) is 6.50. The number of anilines is 1. The summed E-state index contributed by atoms with van der Waals surface area (Å²) >= 11 is 0. The van der Waals surface area contributed by atoms with E-state index in [-0.39, 0.29) is 30.7 Å². The molecule has 1 aromatic rings. The number of nitrogens with two attached hydrogens (primary N) is 2. The van der Waals surface area contributed by atoms with Gasteiger partial charge in [-0.25, -0.2) is 5.84 Å². The highest BCUT2D eigenvalue weighted by Gasteiger charge is 2.00. The summed E-state index contributed by atoms with van der Waals surface area (Å²) in [4.78, 5) is 10.8. The second kappa shape index (κ2) is 6.54. The van der Waals surface area contributed by atoms with Crippen LogP contribution in [0, 0.1) is 0 Å². The van der Waals surface area contributed by atoms with Gasteiger partial charge in [-0.05, 0) is 24.3 Å². The predicted molar refractivity (Wildman–Crippen MR) is 57.0 cm³/mol. The number of nitrogen functional groups attached to an aromatic ring is 2. The van der Waals surface area contributed by atoms with E-state index in [4.69, 9.17) is 11.6 Å². The molecule has 0 heterocycles. The van der Waals surface area contributed by atoms with E-state index in [9.17, 15) is 4.79 Å². The second-order valence-electron chi connectivity index (χ2n) is 2.10. The summed E-state index contributed by atoms with van der Waals surface area (Å²) in [5.74, 6) is 4.60. The van der Waals surface area contributed by atoms with Gasteiger partial charge in [0, 0.05) is 11.3 Å². The van der Waals surface area contributed by atoms with Crippen molar-refractivity contribution in [2.45, 2.75) is 0 Å². The monoisotopic (exact) mass is 223 g/mol. The molecule has 1 aromatic carbocycles. The summed E-state index contributed by atoms with van der Waals surface area (Å²) in [5, 5.41) is 0. The van der Waals surface area contributed by atoms with E-state index < -0.39 is 0 Å². The summed E-state index contributed by atoms with van der Waals surface area (Å²) in [6.07, 6.45) is 0. The van der Waals surface area contributed by atoms with Crippen LogP contribution in [0.5, 0.6) is 0 Å². The lowest BCUT2D eigenvalue weighted by Gasteiger charge is -1.98. The molecule has 6 heteroatoms. The molecule has 0 unspecified atom stereocenters. The molecule has 0 aliphatic carbocycles. The van der Waals surface area contributed by atoms with Crippen LogP contribution in [0.2, 0.25) is 0 Å². The van der Waals surface area contributed by atoms with Crippen molar-refractivity contribution in [2.75, 3.05) is 5.73 Å². The molecular formula is C7H11Cl2N3O. The average Bonchev–Trinajstić information content (AvgIpc) is 2.05. The number of hydrogen-bond donors (Lipinski definition) is 3. The van der Waals surface area contributed by atoms with Crippen molar-refractivity contribution in [3.63, 3.8) is 0 Å².